The van der Waals surface area contributed by atoms with Crippen molar-refractivity contribution in [3.05, 3.63) is 18.0 Å². The molecule has 1 aromatic heterocycles. The molecule has 1 aromatic rings. The zero-order chi connectivity index (χ0) is 12.7. The van der Waals surface area contributed by atoms with Gasteiger partial charge in [-0.3, -0.25) is 4.68 Å². The molecular weight excluding hydrogens is 214 g/mol. The van der Waals surface area contributed by atoms with E-state index in [0.717, 1.165) is 24.6 Å². The Morgan fingerprint density at radius 1 is 1.53 bits per heavy atom. The smallest absolute Gasteiger partial charge is 0.191 e. The second-order valence-electron chi connectivity index (χ2n) is 4.09. The van der Waals surface area contributed by atoms with Crippen molar-refractivity contribution in [1.82, 2.24) is 20.4 Å². The zero-order valence-corrected chi connectivity index (χ0v) is 11.2. The van der Waals surface area contributed by atoms with E-state index in [-0.39, 0.29) is 0 Å². The van der Waals surface area contributed by atoms with E-state index >= 15 is 0 Å². The second-order valence-corrected chi connectivity index (χ2v) is 4.09. The van der Waals surface area contributed by atoms with Crippen molar-refractivity contribution in [3.8, 4) is 0 Å². The number of aliphatic imine (C=N–C) groups is 1. The van der Waals surface area contributed by atoms with Gasteiger partial charge in [-0.2, -0.15) is 5.10 Å². The van der Waals surface area contributed by atoms with Crippen LogP contribution in [0.25, 0.3) is 0 Å². The SMILES string of the molecule is CCNC(=NCc1ccnn1C)NC(C)CC. The van der Waals surface area contributed by atoms with Gasteiger partial charge in [0.05, 0.1) is 12.2 Å². The first kappa shape index (κ1) is 13.5. The largest absolute Gasteiger partial charge is 0.357 e. The van der Waals surface area contributed by atoms with Crippen LogP contribution in [-0.4, -0.2) is 28.3 Å². The monoisotopic (exact) mass is 237 g/mol. The van der Waals surface area contributed by atoms with Crippen LogP contribution in [0.2, 0.25) is 0 Å². The number of aromatic nitrogens is 2. The molecule has 0 amide bonds. The molecule has 5 heteroatoms. The summed E-state index contributed by atoms with van der Waals surface area (Å²) in [6.07, 6.45) is 2.87. The number of aryl methyl sites for hydroxylation is 1. The van der Waals surface area contributed by atoms with Crippen molar-refractivity contribution in [2.45, 2.75) is 39.8 Å². The van der Waals surface area contributed by atoms with Crippen molar-refractivity contribution in [1.29, 1.82) is 0 Å². The van der Waals surface area contributed by atoms with Gasteiger partial charge in [-0.05, 0) is 26.3 Å². The van der Waals surface area contributed by atoms with E-state index in [1.165, 1.54) is 0 Å². The lowest BCUT2D eigenvalue weighted by molar-refractivity contribution is 0.622. The maximum Gasteiger partial charge on any atom is 0.191 e. The predicted octanol–water partition coefficient (Wildman–Crippen LogP) is 1.27. The van der Waals surface area contributed by atoms with Crippen LogP contribution in [0.1, 0.15) is 32.9 Å². The first-order valence-corrected chi connectivity index (χ1v) is 6.19. The Morgan fingerprint density at radius 2 is 2.29 bits per heavy atom. The molecule has 1 heterocycles. The highest BCUT2D eigenvalue weighted by atomic mass is 15.3. The highest BCUT2D eigenvalue weighted by Crippen LogP contribution is 1.98. The molecular formula is C12H23N5. The molecule has 0 aliphatic heterocycles. The summed E-state index contributed by atoms with van der Waals surface area (Å²) >= 11 is 0. The van der Waals surface area contributed by atoms with E-state index in [4.69, 9.17) is 0 Å². The third-order valence-electron chi connectivity index (χ3n) is 2.66. The second kappa shape index (κ2) is 6.93. The number of rotatable bonds is 5. The minimum atomic E-state index is 0.430. The van der Waals surface area contributed by atoms with Crippen LogP contribution in [0, 0.1) is 0 Å². The lowest BCUT2D eigenvalue weighted by atomic mass is 10.3. The molecule has 0 radical (unpaired) electrons. The van der Waals surface area contributed by atoms with Crippen LogP contribution < -0.4 is 10.6 Å². The number of hydrogen-bond acceptors (Lipinski definition) is 2. The molecule has 17 heavy (non-hydrogen) atoms. The Hall–Kier alpha value is -1.52. The van der Waals surface area contributed by atoms with Gasteiger partial charge in [-0.25, -0.2) is 4.99 Å². The predicted molar refractivity (Wildman–Crippen MR) is 70.9 cm³/mol. The zero-order valence-electron chi connectivity index (χ0n) is 11.2. The highest BCUT2D eigenvalue weighted by Gasteiger charge is 2.03. The van der Waals surface area contributed by atoms with Gasteiger partial charge in [0.15, 0.2) is 5.96 Å². The third-order valence-corrected chi connectivity index (χ3v) is 2.66. The maximum absolute atomic E-state index is 4.54. The first-order valence-electron chi connectivity index (χ1n) is 6.19. The van der Waals surface area contributed by atoms with E-state index in [9.17, 15) is 0 Å². The fourth-order valence-corrected chi connectivity index (χ4v) is 1.37. The summed E-state index contributed by atoms with van der Waals surface area (Å²) in [5.41, 5.74) is 1.10. The molecule has 0 aliphatic rings. The molecule has 0 aromatic carbocycles. The number of guanidine groups is 1. The maximum atomic E-state index is 4.54. The van der Waals surface area contributed by atoms with Crippen LogP contribution in [-0.2, 0) is 13.6 Å². The van der Waals surface area contributed by atoms with E-state index in [1.54, 1.807) is 6.20 Å². The molecule has 0 aliphatic carbocycles. The van der Waals surface area contributed by atoms with Crippen molar-refractivity contribution >= 4 is 5.96 Å². The van der Waals surface area contributed by atoms with Gasteiger partial charge in [0.2, 0.25) is 0 Å². The average Bonchev–Trinajstić information content (AvgIpc) is 2.72. The molecule has 5 nitrogen and oxygen atoms in total. The lowest BCUT2D eigenvalue weighted by Gasteiger charge is -2.16. The molecule has 96 valence electrons. The Labute approximate surface area is 103 Å². The van der Waals surface area contributed by atoms with Gasteiger partial charge >= 0.3 is 0 Å². The molecule has 1 rings (SSSR count). The number of hydrogen-bond donors (Lipinski definition) is 2. The van der Waals surface area contributed by atoms with Crippen molar-refractivity contribution in [2.24, 2.45) is 12.0 Å². The first-order chi connectivity index (χ1) is 8.17. The molecule has 1 atom stereocenters. The van der Waals surface area contributed by atoms with Crippen LogP contribution in [0.5, 0.6) is 0 Å². The minimum Gasteiger partial charge on any atom is -0.357 e. The normalized spacial score (nSPS) is 13.5. The molecule has 0 bridgehead atoms. The van der Waals surface area contributed by atoms with Gasteiger partial charge in [0.1, 0.15) is 0 Å². The van der Waals surface area contributed by atoms with E-state index < -0.39 is 0 Å². The Kier molecular flexibility index (Phi) is 5.52. The number of nitrogens with one attached hydrogen (secondary N) is 2. The van der Waals surface area contributed by atoms with Crippen LogP contribution in [0.4, 0.5) is 0 Å². The summed E-state index contributed by atoms with van der Waals surface area (Å²) in [5, 5.41) is 10.7. The van der Waals surface area contributed by atoms with Gasteiger partial charge < -0.3 is 10.6 Å². The fourth-order valence-electron chi connectivity index (χ4n) is 1.37. The van der Waals surface area contributed by atoms with Crippen LogP contribution in [0.15, 0.2) is 17.3 Å². The number of nitrogens with zero attached hydrogens (tertiary/aromatic N) is 3. The molecule has 1 unspecified atom stereocenters. The summed E-state index contributed by atoms with van der Waals surface area (Å²) in [7, 11) is 1.93. The molecule has 0 fully saturated rings. The summed E-state index contributed by atoms with van der Waals surface area (Å²) < 4.78 is 1.84. The molecule has 0 spiro atoms. The van der Waals surface area contributed by atoms with Crippen molar-refractivity contribution in [2.75, 3.05) is 6.54 Å². The Morgan fingerprint density at radius 3 is 2.82 bits per heavy atom. The molecule has 0 saturated carbocycles. The highest BCUT2D eigenvalue weighted by molar-refractivity contribution is 5.79. The third kappa shape index (κ3) is 4.46. The molecule has 2 N–H and O–H groups in total. The lowest BCUT2D eigenvalue weighted by Crippen LogP contribution is -2.42. The Balaban J connectivity index is 2.60. The minimum absolute atomic E-state index is 0.430. The van der Waals surface area contributed by atoms with E-state index in [2.05, 4.69) is 41.5 Å². The van der Waals surface area contributed by atoms with Gasteiger partial charge in [-0.1, -0.05) is 6.92 Å². The van der Waals surface area contributed by atoms with Crippen LogP contribution >= 0.6 is 0 Å². The van der Waals surface area contributed by atoms with Gasteiger partial charge in [0, 0.05) is 25.8 Å². The quantitative estimate of drug-likeness (QED) is 0.599. The summed E-state index contributed by atoms with van der Waals surface area (Å²) in [6.45, 7) is 7.88. The van der Waals surface area contributed by atoms with Crippen molar-refractivity contribution < 1.29 is 0 Å². The summed E-state index contributed by atoms with van der Waals surface area (Å²) in [4.78, 5) is 4.54. The van der Waals surface area contributed by atoms with E-state index in [1.807, 2.05) is 17.8 Å². The summed E-state index contributed by atoms with van der Waals surface area (Å²) in [6, 6.07) is 2.41. The van der Waals surface area contributed by atoms with Crippen molar-refractivity contribution in [3.63, 3.8) is 0 Å². The van der Waals surface area contributed by atoms with Crippen LogP contribution in [0.3, 0.4) is 0 Å². The van der Waals surface area contributed by atoms with Gasteiger partial charge in [-0.15, -0.1) is 0 Å². The average molecular weight is 237 g/mol. The Bertz CT molecular complexity index is 356. The standard InChI is InChI=1S/C12H23N5/c1-5-10(3)16-12(13-6-2)14-9-11-7-8-15-17(11)4/h7-8,10H,5-6,9H2,1-4H3,(H2,13,14,16). The van der Waals surface area contributed by atoms with Gasteiger partial charge in [0.25, 0.3) is 0 Å². The topological polar surface area (TPSA) is 54.2 Å². The molecule has 0 saturated heterocycles. The summed E-state index contributed by atoms with van der Waals surface area (Å²) in [5.74, 6) is 0.864. The van der Waals surface area contributed by atoms with E-state index in [0.29, 0.717) is 12.6 Å². The fraction of sp³-hybridized carbons (Fsp3) is 0.667.